The summed E-state index contributed by atoms with van der Waals surface area (Å²) in [6.45, 7) is 5.83. The van der Waals surface area contributed by atoms with Crippen molar-refractivity contribution in [3.05, 3.63) is 29.3 Å². The highest BCUT2D eigenvalue weighted by Crippen LogP contribution is 2.18. The zero-order valence-electron chi connectivity index (χ0n) is 9.00. The van der Waals surface area contributed by atoms with Crippen molar-refractivity contribution in [1.82, 2.24) is 0 Å². The molecule has 78 valence electrons. The summed E-state index contributed by atoms with van der Waals surface area (Å²) in [6.07, 6.45) is 0. The summed E-state index contributed by atoms with van der Waals surface area (Å²) in [5.74, 6) is -0.561. The maximum Gasteiger partial charge on any atom is 0.341 e. The molecule has 0 aromatic heterocycles. The minimum absolute atomic E-state index is 0.0400. The number of esters is 1. The number of benzene rings is 1. The van der Waals surface area contributed by atoms with Gasteiger partial charge in [-0.15, -0.1) is 0 Å². The van der Waals surface area contributed by atoms with Crippen LogP contribution in [0, 0.1) is 6.92 Å². The highest BCUT2D eigenvalue weighted by molar-refractivity contribution is 5.92. The number of methoxy groups -OCH3 is 1. The molecule has 0 unspecified atom stereocenters. The average Bonchev–Trinajstić information content (AvgIpc) is 2.20. The molecule has 14 heavy (non-hydrogen) atoms. The molecule has 0 saturated carbocycles. The lowest BCUT2D eigenvalue weighted by Gasteiger charge is -2.02. The van der Waals surface area contributed by atoms with Gasteiger partial charge < -0.3 is 9.84 Å². The summed E-state index contributed by atoms with van der Waals surface area (Å²) in [5, 5.41) is 9.29. The minimum Gasteiger partial charge on any atom is -0.507 e. The second-order valence-corrected chi connectivity index (χ2v) is 2.51. The number of phenols is 1. The summed E-state index contributed by atoms with van der Waals surface area (Å²) < 4.78 is 4.46. The second-order valence-electron chi connectivity index (χ2n) is 2.51. The highest BCUT2D eigenvalue weighted by Gasteiger charge is 2.09. The third-order valence-electron chi connectivity index (χ3n) is 1.56. The number of hydrogen-bond donors (Lipinski definition) is 1. The van der Waals surface area contributed by atoms with E-state index in [0.29, 0.717) is 0 Å². The first-order valence-electron chi connectivity index (χ1n) is 4.53. The van der Waals surface area contributed by atoms with Crippen molar-refractivity contribution in [3.8, 4) is 5.75 Å². The summed E-state index contributed by atoms with van der Waals surface area (Å²) in [6, 6.07) is 4.80. The first kappa shape index (κ1) is 12.5. The van der Waals surface area contributed by atoms with Gasteiger partial charge in [0.2, 0.25) is 0 Å². The lowest BCUT2D eigenvalue weighted by molar-refractivity contribution is 0.0597. The van der Waals surface area contributed by atoms with Crippen LogP contribution in [-0.2, 0) is 4.74 Å². The fourth-order valence-corrected chi connectivity index (χ4v) is 0.924. The highest BCUT2D eigenvalue weighted by atomic mass is 16.5. The Morgan fingerprint density at radius 3 is 2.36 bits per heavy atom. The zero-order chi connectivity index (χ0) is 11.1. The van der Waals surface area contributed by atoms with Gasteiger partial charge in [0.1, 0.15) is 11.3 Å². The molecule has 0 aliphatic heterocycles. The first-order valence-corrected chi connectivity index (χ1v) is 4.53. The molecule has 0 radical (unpaired) electrons. The van der Waals surface area contributed by atoms with Gasteiger partial charge in [-0.05, 0) is 24.6 Å². The number of carbonyl (C=O) groups excluding carboxylic acids is 1. The molecule has 0 saturated heterocycles. The van der Waals surface area contributed by atoms with Crippen LogP contribution in [0.25, 0.3) is 0 Å². The predicted molar refractivity (Wildman–Crippen MR) is 55.5 cm³/mol. The van der Waals surface area contributed by atoms with Gasteiger partial charge in [0.05, 0.1) is 7.11 Å². The zero-order valence-corrected chi connectivity index (χ0v) is 9.00. The molecule has 0 bridgehead atoms. The molecule has 0 heterocycles. The predicted octanol–water partition coefficient (Wildman–Crippen LogP) is 2.51. The fraction of sp³-hybridized carbons (Fsp3) is 0.364. The Kier molecular flexibility index (Phi) is 5.37. The third kappa shape index (κ3) is 3.09. The largest absolute Gasteiger partial charge is 0.507 e. The van der Waals surface area contributed by atoms with Crippen molar-refractivity contribution in [2.24, 2.45) is 0 Å². The Bertz CT molecular complexity index is 305. The van der Waals surface area contributed by atoms with Crippen LogP contribution in [0.4, 0.5) is 0 Å². The van der Waals surface area contributed by atoms with E-state index >= 15 is 0 Å². The van der Waals surface area contributed by atoms with Crippen molar-refractivity contribution in [1.29, 1.82) is 0 Å². The van der Waals surface area contributed by atoms with Gasteiger partial charge in [-0.3, -0.25) is 0 Å². The molecule has 1 rings (SSSR count). The van der Waals surface area contributed by atoms with Gasteiger partial charge >= 0.3 is 5.97 Å². The number of hydrogen-bond acceptors (Lipinski definition) is 3. The normalized spacial score (nSPS) is 8.57. The third-order valence-corrected chi connectivity index (χ3v) is 1.56. The Hall–Kier alpha value is -1.51. The number of carbonyl (C=O) groups is 1. The van der Waals surface area contributed by atoms with Crippen molar-refractivity contribution in [2.45, 2.75) is 20.8 Å². The molecule has 1 aromatic carbocycles. The van der Waals surface area contributed by atoms with Crippen molar-refractivity contribution in [2.75, 3.05) is 7.11 Å². The van der Waals surface area contributed by atoms with Crippen LogP contribution in [0.1, 0.15) is 29.8 Å². The molecule has 0 amide bonds. The quantitative estimate of drug-likeness (QED) is 0.702. The smallest absolute Gasteiger partial charge is 0.341 e. The summed E-state index contributed by atoms with van der Waals surface area (Å²) in [7, 11) is 1.28. The van der Waals surface area contributed by atoms with Crippen LogP contribution in [0.5, 0.6) is 5.75 Å². The van der Waals surface area contributed by atoms with Gasteiger partial charge in [0, 0.05) is 0 Å². The molecule has 0 aliphatic rings. The molecular formula is C11H16O3. The summed E-state index contributed by atoms with van der Waals surface area (Å²) in [5.41, 5.74) is 1.10. The molecule has 0 atom stereocenters. The second kappa shape index (κ2) is 6.02. The molecule has 0 spiro atoms. The summed E-state index contributed by atoms with van der Waals surface area (Å²) in [4.78, 5) is 11.0. The SMILES string of the molecule is CC.COC(=O)c1ccc(C)cc1O. The van der Waals surface area contributed by atoms with E-state index in [2.05, 4.69) is 4.74 Å². The van der Waals surface area contributed by atoms with Crippen LogP contribution in [0.15, 0.2) is 18.2 Å². The topological polar surface area (TPSA) is 46.5 Å². The van der Waals surface area contributed by atoms with E-state index in [9.17, 15) is 9.90 Å². The Morgan fingerprint density at radius 2 is 1.93 bits per heavy atom. The van der Waals surface area contributed by atoms with E-state index < -0.39 is 5.97 Å². The van der Waals surface area contributed by atoms with Crippen molar-refractivity contribution >= 4 is 5.97 Å². The molecule has 3 nitrogen and oxygen atoms in total. The molecule has 3 heteroatoms. The van der Waals surface area contributed by atoms with Crippen LogP contribution in [0.2, 0.25) is 0 Å². The van der Waals surface area contributed by atoms with Gasteiger partial charge in [0.15, 0.2) is 0 Å². The maximum atomic E-state index is 11.0. The van der Waals surface area contributed by atoms with E-state index in [1.54, 1.807) is 6.07 Å². The van der Waals surface area contributed by atoms with E-state index in [0.717, 1.165) is 5.56 Å². The molecule has 0 fully saturated rings. The molecular weight excluding hydrogens is 180 g/mol. The van der Waals surface area contributed by atoms with Crippen LogP contribution < -0.4 is 0 Å². The Morgan fingerprint density at radius 1 is 1.36 bits per heavy atom. The molecule has 0 aliphatic carbocycles. The molecule has 1 N–H and O–H groups in total. The van der Waals surface area contributed by atoms with E-state index in [-0.39, 0.29) is 11.3 Å². The number of ether oxygens (including phenoxy) is 1. The van der Waals surface area contributed by atoms with Crippen molar-refractivity contribution < 1.29 is 14.6 Å². The number of aromatic hydroxyl groups is 1. The molecule has 1 aromatic rings. The van der Waals surface area contributed by atoms with Crippen LogP contribution in [-0.4, -0.2) is 18.2 Å². The Labute approximate surface area is 84.3 Å². The number of aryl methyl sites for hydroxylation is 1. The maximum absolute atomic E-state index is 11.0. The average molecular weight is 196 g/mol. The van der Waals surface area contributed by atoms with Gasteiger partial charge in [-0.1, -0.05) is 19.9 Å². The van der Waals surface area contributed by atoms with Crippen LogP contribution in [0.3, 0.4) is 0 Å². The fourth-order valence-electron chi connectivity index (χ4n) is 0.924. The van der Waals surface area contributed by atoms with E-state index in [4.69, 9.17) is 0 Å². The number of phenolic OH excluding ortho intramolecular Hbond substituents is 1. The van der Waals surface area contributed by atoms with E-state index in [1.807, 2.05) is 20.8 Å². The van der Waals surface area contributed by atoms with Gasteiger partial charge in [-0.25, -0.2) is 4.79 Å². The standard InChI is InChI=1S/C9H10O3.C2H6/c1-6-3-4-7(8(10)5-6)9(11)12-2;1-2/h3-5,10H,1-2H3;1-2H3. The minimum atomic E-state index is -0.521. The van der Waals surface area contributed by atoms with Gasteiger partial charge in [-0.2, -0.15) is 0 Å². The summed E-state index contributed by atoms with van der Waals surface area (Å²) >= 11 is 0. The number of rotatable bonds is 1. The lowest BCUT2D eigenvalue weighted by atomic mass is 10.1. The Balaban J connectivity index is 0.000000791. The lowest BCUT2D eigenvalue weighted by Crippen LogP contribution is -2.01. The van der Waals surface area contributed by atoms with E-state index in [1.165, 1.54) is 19.2 Å². The van der Waals surface area contributed by atoms with Crippen molar-refractivity contribution in [3.63, 3.8) is 0 Å². The first-order chi connectivity index (χ1) is 6.65. The van der Waals surface area contributed by atoms with Crippen LogP contribution >= 0.6 is 0 Å². The van der Waals surface area contributed by atoms with Gasteiger partial charge in [0.25, 0.3) is 0 Å². The monoisotopic (exact) mass is 196 g/mol.